The Hall–Kier alpha value is -1.79. The van der Waals surface area contributed by atoms with Crippen LogP contribution in [-0.4, -0.2) is 19.9 Å². The van der Waals surface area contributed by atoms with Crippen molar-refractivity contribution in [3.8, 4) is 11.4 Å². The van der Waals surface area contributed by atoms with Gasteiger partial charge in [0.15, 0.2) is 11.0 Å². The van der Waals surface area contributed by atoms with Crippen molar-refractivity contribution < 1.29 is 4.52 Å². The van der Waals surface area contributed by atoms with E-state index < -0.39 is 0 Å². The second-order valence-corrected chi connectivity index (χ2v) is 6.29. The van der Waals surface area contributed by atoms with E-state index in [-0.39, 0.29) is 0 Å². The number of hydrogen-bond donors (Lipinski definition) is 0. The smallest absolute Gasteiger partial charge is 0.191 e. The Balaban J connectivity index is 1.84. The van der Waals surface area contributed by atoms with Gasteiger partial charge in [0.25, 0.3) is 0 Å². The average molecular weight is 335 g/mol. The van der Waals surface area contributed by atoms with Crippen LogP contribution in [0.25, 0.3) is 11.4 Å². The van der Waals surface area contributed by atoms with Gasteiger partial charge in [-0.1, -0.05) is 40.7 Å². The van der Waals surface area contributed by atoms with Crippen molar-refractivity contribution >= 4 is 23.4 Å². The molecule has 22 heavy (non-hydrogen) atoms. The molecule has 3 rings (SSSR count). The molecule has 2 heterocycles. The first-order valence-electron chi connectivity index (χ1n) is 6.76. The number of halogens is 1. The molecular formula is C15H15ClN4OS. The summed E-state index contributed by atoms with van der Waals surface area (Å²) in [7, 11) is 1.94. The number of benzene rings is 1. The number of aromatic nitrogens is 4. The SMILES string of the molecule is Cc1noc(C)c1CSc1nnc(-c2ccccc2Cl)n1C. The molecule has 0 aliphatic heterocycles. The molecule has 0 aliphatic carbocycles. The van der Waals surface area contributed by atoms with Gasteiger partial charge in [0.1, 0.15) is 5.76 Å². The molecule has 1 aromatic carbocycles. The lowest BCUT2D eigenvalue weighted by Crippen LogP contribution is -1.96. The van der Waals surface area contributed by atoms with Crippen molar-refractivity contribution in [3.63, 3.8) is 0 Å². The molecule has 0 atom stereocenters. The maximum Gasteiger partial charge on any atom is 0.191 e. The van der Waals surface area contributed by atoms with Gasteiger partial charge in [0.2, 0.25) is 0 Å². The lowest BCUT2D eigenvalue weighted by Gasteiger charge is -2.05. The minimum absolute atomic E-state index is 0.667. The van der Waals surface area contributed by atoms with Crippen LogP contribution in [0.3, 0.4) is 0 Å². The van der Waals surface area contributed by atoms with Gasteiger partial charge in [-0.05, 0) is 26.0 Å². The van der Waals surface area contributed by atoms with Gasteiger partial charge in [0.05, 0.1) is 10.7 Å². The maximum absolute atomic E-state index is 6.23. The Labute approximate surface area is 137 Å². The Morgan fingerprint density at radius 1 is 1.23 bits per heavy atom. The first kappa shape index (κ1) is 15.1. The van der Waals surface area contributed by atoms with Crippen molar-refractivity contribution in [2.45, 2.75) is 24.8 Å². The molecule has 0 aliphatic rings. The minimum Gasteiger partial charge on any atom is -0.361 e. The molecule has 114 valence electrons. The Morgan fingerprint density at radius 3 is 2.68 bits per heavy atom. The van der Waals surface area contributed by atoms with Crippen LogP contribution in [0, 0.1) is 13.8 Å². The molecular weight excluding hydrogens is 320 g/mol. The Morgan fingerprint density at radius 2 is 2.00 bits per heavy atom. The summed E-state index contributed by atoms with van der Waals surface area (Å²) in [6.45, 7) is 3.86. The maximum atomic E-state index is 6.23. The van der Waals surface area contributed by atoms with Crippen LogP contribution in [-0.2, 0) is 12.8 Å². The first-order valence-corrected chi connectivity index (χ1v) is 8.13. The van der Waals surface area contributed by atoms with Gasteiger partial charge in [-0.15, -0.1) is 10.2 Å². The summed E-state index contributed by atoms with van der Waals surface area (Å²) in [5.41, 5.74) is 2.90. The fraction of sp³-hybridized carbons (Fsp3) is 0.267. The highest BCUT2D eigenvalue weighted by Gasteiger charge is 2.15. The molecule has 0 fully saturated rings. The summed E-state index contributed by atoms with van der Waals surface area (Å²) in [4.78, 5) is 0. The summed E-state index contributed by atoms with van der Waals surface area (Å²) in [6.07, 6.45) is 0. The van der Waals surface area contributed by atoms with Crippen molar-refractivity contribution in [1.29, 1.82) is 0 Å². The topological polar surface area (TPSA) is 56.7 Å². The van der Waals surface area contributed by atoms with E-state index in [0.29, 0.717) is 5.02 Å². The summed E-state index contributed by atoms with van der Waals surface area (Å²) in [5, 5.41) is 14.0. The van der Waals surface area contributed by atoms with E-state index >= 15 is 0 Å². The summed E-state index contributed by atoms with van der Waals surface area (Å²) >= 11 is 7.83. The molecule has 0 N–H and O–H groups in total. The minimum atomic E-state index is 0.667. The Kier molecular flexibility index (Phi) is 4.22. The number of nitrogens with zero attached hydrogens (tertiary/aromatic N) is 4. The van der Waals surface area contributed by atoms with Crippen LogP contribution in [0.15, 0.2) is 33.9 Å². The molecule has 0 spiro atoms. The zero-order valence-corrected chi connectivity index (χ0v) is 14.1. The van der Waals surface area contributed by atoms with Gasteiger partial charge in [-0.25, -0.2) is 0 Å². The summed E-state index contributed by atoms with van der Waals surface area (Å²) in [6, 6.07) is 7.62. The van der Waals surface area contributed by atoms with E-state index in [2.05, 4.69) is 15.4 Å². The molecule has 0 bridgehead atoms. The van der Waals surface area contributed by atoms with Crippen LogP contribution in [0.1, 0.15) is 17.0 Å². The molecule has 2 aromatic heterocycles. The fourth-order valence-electron chi connectivity index (χ4n) is 2.16. The van der Waals surface area contributed by atoms with Crippen molar-refractivity contribution in [2.24, 2.45) is 7.05 Å². The van der Waals surface area contributed by atoms with Gasteiger partial charge in [-0.2, -0.15) is 0 Å². The van der Waals surface area contributed by atoms with Crippen LogP contribution >= 0.6 is 23.4 Å². The second kappa shape index (κ2) is 6.14. The van der Waals surface area contributed by atoms with E-state index in [4.69, 9.17) is 16.1 Å². The molecule has 0 saturated heterocycles. The molecule has 5 nitrogen and oxygen atoms in total. The molecule has 0 saturated carbocycles. The highest BCUT2D eigenvalue weighted by Crippen LogP contribution is 2.30. The standard InChI is InChI=1S/C15H15ClN4OS/c1-9-12(10(2)21-19-9)8-22-15-18-17-14(20(15)3)11-6-4-5-7-13(11)16/h4-7H,8H2,1-3H3. The van der Waals surface area contributed by atoms with E-state index in [1.807, 2.05) is 49.7 Å². The lowest BCUT2D eigenvalue weighted by molar-refractivity contribution is 0.392. The highest BCUT2D eigenvalue weighted by molar-refractivity contribution is 7.98. The quantitative estimate of drug-likeness (QED) is 0.674. The molecule has 0 unspecified atom stereocenters. The average Bonchev–Trinajstić information content (AvgIpc) is 3.02. The van der Waals surface area contributed by atoms with E-state index in [0.717, 1.165) is 39.3 Å². The third-order valence-electron chi connectivity index (χ3n) is 3.48. The normalized spacial score (nSPS) is 11.1. The molecule has 3 aromatic rings. The second-order valence-electron chi connectivity index (χ2n) is 4.94. The predicted octanol–water partition coefficient (Wildman–Crippen LogP) is 4.03. The third-order valence-corrected chi connectivity index (χ3v) is 4.85. The van der Waals surface area contributed by atoms with E-state index in [1.54, 1.807) is 11.8 Å². The molecule has 7 heteroatoms. The predicted molar refractivity (Wildman–Crippen MR) is 87.0 cm³/mol. The van der Waals surface area contributed by atoms with Crippen LogP contribution in [0.5, 0.6) is 0 Å². The van der Waals surface area contributed by atoms with Crippen molar-refractivity contribution in [2.75, 3.05) is 0 Å². The summed E-state index contributed by atoms with van der Waals surface area (Å²) in [5.74, 6) is 2.35. The zero-order valence-electron chi connectivity index (χ0n) is 12.5. The van der Waals surface area contributed by atoms with Gasteiger partial charge in [0, 0.05) is 23.9 Å². The molecule has 0 amide bonds. The van der Waals surface area contributed by atoms with Crippen LogP contribution in [0.2, 0.25) is 5.02 Å². The van der Waals surface area contributed by atoms with Crippen molar-refractivity contribution in [3.05, 3.63) is 46.3 Å². The summed E-state index contributed by atoms with van der Waals surface area (Å²) < 4.78 is 7.13. The third kappa shape index (κ3) is 2.76. The largest absolute Gasteiger partial charge is 0.361 e. The first-order chi connectivity index (χ1) is 10.6. The fourth-order valence-corrected chi connectivity index (χ4v) is 3.45. The van der Waals surface area contributed by atoms with Gasteiger partial charge < -0.3 is 9.09 Å². The van der Waals surface area contributed by atoms with Crippen molar-refractivity contribution in [1.82, 2.24) is 19.9 Å². The number of hydrogen-bond acceptors (Lipinski definition) is 5. The highest BCUT2D eigenvalue weighted by atomic mass is 35.5. The lowest BCUT2D eigenvalue weighted by atomic mass is 10.2. The van der Waals surface area contributed by atoms with E-state index in [9.17, 15) is 0 Å². The Bertz CT molecular complexity index is 792. The monoisotopic (exact) mass is 334 g/mol. The molecule has 0 radical (unpaired) electrons. The zero-order chi connectivity index (χ0) is 15.7. The van der Waals surface area contributed by atoms with E-state index in [1.165, 1.54) is 0 Å². The van der Waals surface area contributed by atoms with Crippen LogP contribution < -0.4 is 0 Å². The number of aryl methyl sites for hydroxylation is 2. The van der Waals surface area contributed by atoms with Gasteiger partial charge >= 0.3 is 0 Å². The number of thioether (sulfide) groups is 1. The van der Waals surface area contributed by atoms with Gasteiger partial charge in [-0.3, -0.25) is 0 Å². The van der Waals surface area contributed by atoms with Crippen LogP contribution in [0.4, 0.5) is 0 Å². The number of rotatable bonds is 4.